The summed E-state index contributed by atoms with van der Waals surface area (Å²) in [6.07, 6.45) is 2.24. The summed E-state index contributed by atoms with van der Waals surface area (Å²) in [5, 5.41) is 11.6. The number of amides is 1. The minimum Gasteiger partial charge on any atom is -0.481 e. The molecule has 106 valence electrons. The van der Waals surface area contributed by atoms with Crippen LogP contribution in [0.2, 0.25) is 0 Å². The van der Waals surface area contributed by atoms with Gasteiger partial charge in [-0.2, -0.15) is 0 Å². The van der Waals surface area contributed by atoms with E-state index in [2.05, 4.69) is 26.1 Å². The lowest BCUT2D eigenvalue weighted by molar-refractivity contribution is -0.139. The molecule has 1 amide bonds. The zero-order chi connectivity index (χ0) is 14.1. The van der Waals surface area contributed by atoms with Crippen LogP contribution in [-0.4, -0.2) is 30.1 Å². The minimum atomic E-state index is -0.822. The second-order valence-corrected chi connectivity index (χ2v) is 4.99. The molecule has 0 heterocycles. The van der Waals surface area contributed by atoms with Crippen molar-refractivity contribution in [2.24, 2.45) is 23.5 Å². The molecule has 0 aliphatic heterocycles. The SMILES string of the molecule is CCC[C@@H](C)[C@@H](C)[C@H](CNC(=O)CN)CC(=O)O. The summed E-state index contributed by atoms with van der Waals surface area (Å²) in [5.74, 6) is -0.383. The molecule has 18 heavy (non-hydrogen) atoms. The Labute approximate surface area is 109 Å². The molecule has 5 nitrogen and oxygen atoms in total. The first-order chi connectivity index (χ1) is 8.42. The van der Waals surface area contributed by atoms with Crippen LogP contribution in [0.1, 0.15) is 40.0 Å². The summed E-state index contributed by atoms with van der Waals surface area (Å²) in [6.45, 7) is 6.64. The fraction of sp³-hybridized carbons (Fsp3) is 0.846. The molecular formula is C13H26N2O3. The van der Waals surface area contributed by atoms with E-state index in [0.29, 0.717) is 12.5 Å². The van der Waals surface area contributed by atoms with Gasteiger partial charge in [-0.1, -0.05) is 33.6 Å². The molecule has 0 aromatic heterocycles. The summed E-state index contributed by atoms with van der Waals surface area (Å²) >= 11 is 0. The molecule has 0 spiro atoms. The number of aliphatic carboxylic acids is 1. The Bertz CT molecular complexity index is 269. The first-order valence-electron chi connectivity index (χ1n) is 6.60. The first kappa shape index (κ1) is 16.9. The molecule has 3 atom stereocenters. The number of hydrogen-bond donors (Lipinski definition) is 3. The Morgan fingerprint density at radius 2 is 1.94 bits per heavy atom. The number of nitrogens with two attached hydrogens (primary N) is 1. The largest absolute Gasteiger partial charge is 0.481 e. The molecule has 0 aliphatic rings. The molecule has 0 aromatic carbocycles. The normalized spacial score (nSPS) is 15.8. The number of rotatable bonds is 9. The van der Waals surface area contributed by atoms with Crippen LogP contribution < -0.4 is 11.1 Å². The Balaban J connectivity index is 4.45. The Hall–Kier alpha value is -1.10. The topological polar surface area (TPSA) is 92.4 Å². The molecule has 0 saturated heterocycles. The van der Waals surface area contributed by atoms with Crippen LogP contribution in [0.25, 0.3) is 0 Å². The van der Waals surface area contributed by atoms with E-state index in [1.165, 1.54) is 0 Å². The van der Waals surface area contributed by atoms with Crippen LogP contribution in [0.5, 0.6) is 0 Å². The van der Waals surface area contributed by atoms with Gasteiger partial charge in [-0.3, -0.25) is 9.59 Å². The smallest absolute Gasteiger partial charge is 0.303 e. The highest BCUT2D eigenvalue weighted by Gasteiger charge is 2.24. The van der Waals surface area contributed by atoms with Crippen molar-refractivity contribution in [3.63, 3.8) is 0 Å². The maximum absolute atomic E-state index is 11.1. The molecule has 4 N–H and O–H groups in total. The predicted octanol–water partition coefficient (Wildman–Crippen LogP) is 1.22. The molecular weight excluding hydrogens is 232 g/mol. The number of carboxylic acids is 1. The van der Waals surface area contributed by atoms with Gasteiger partial charge in [0.1, 0.15) is 0 Å². The third-order valence-corrected chi connectivity index (χ3v) is 3.57. The van der Waals surface area contributed by atoms with Gasteiger partial charge < -0.3 is 16.2 Å². The Kier molecular flexibility index (Phi) is 8.37. The van der Waals surface area contributed by atoms with Gasteiger partial charge in [-0.25, -0.2) is 0 Å². The van der Waals surface area contributed by atoms with Crippen molar-refractivity contribution in [1.29, 1.82) is 0 Å². The molecule has 0 saturated carbocycles. The van der Waals surface area contributed by atoms with E-state index in [0.717, 1.165) is 12.8 Å². The summed E-state index contributed by atoms with van der Waals surface area (Å²) in [6, 6.07) is 0. The minimum absolute atomic E-state index is 0.0421. The van der Waals surface area contributed by atoms with E-state index in [1.807, 2.05) is 0 Å². The van der Waals surface area contributed by atoms with E-state index in [-0.39, 0.29) is 30.7 Å². The van der Waals surface area contributed by atoms with Gasteiger partial charge in [-0.05, 0) is 17.8 Å². The van der Waals surface area contributed by atoms with Crippen molar-refractivity contribution in [3.8, 4) is 0 Å². The molecule has 5 heteroatoms. The third kappa shape index (κ3) is 6.59. The van der Waals surface area contributed by atoms with E-state index in [1.54, 1.807) is 0 Å². The maximum atomic E-state index is 11.1. The number of carbonyl (C=O) groups is 2. The molecule has 0 unspecified atom stereocenters. The summed E-state index contributed by atoms with van der Waals surface area (Å²) in [5.41, 5.74) is 5.21. The lowest BCUT2D eigenvalue weighted by Gasteiger charge is -2.28. The number of carboxylic acid groups (broad SMARTS) is 1. The zero-order valence-electron chi connectivity index (χ0n) is 11.6. The molecule has 0 fully saturated rings. The van der Waals surface area contributed by atoms with Gasteiger partial charge in [-0.15, -0.1) is 0 Å². The van der Waals surface area contributed by atoms with Crippen LogP contribution in [0.4, 0.5) is 0 Å². The number of nitrogens with one attached hydrogen (secondary N) is 1. The highest BCUT2D eigenvalue weighted by Crippen LogP contribution is 2.26. The van der Waals surface area contributed by atoms with E-state index >= 15 is 0 Å². The van der Waals surface area contributed by atoms with Crippen LogP contribution in [0.15, 0.2) is 0 Å². The number of hydrogen-bond acceptors (Lipinski definition) is 3. The molecule has 0 rings (SSSR count). The third-order valence-electron chi connectivity index (χ3n) is 3.57. The van der Waals surface area contributed by atoms with Crippen molar-refractivity contribution < 1.29 is 14.7 Å². The van der Waals surface area contributed by atoms with Crippen molar-refractivity contribution in [2.75, 3.05) is 13.1 Å². The standard InChI is InChI=1S/C13H26N2O3/c1-4-5-9(2)10(3)11(6-13(17)18)8-15-12(16)7-14/h9-11H,4-8,14H2,1-3H3,(H,15,16)(H,17,18)/t9-,10-,11+/m1/s1. The van der Waals surface area contributed by atoms with E-state index in [4.69, 9.17) is 10.8 Å². The lowest BCUT2D eigenvalue weighted by atomic mass is 9.80. The average Bonchev–Trinajstić information content (AvgIpc) is 2.32. The second-order valence-electron chi connectivity index (χ2n) is 4.99. The molecule has 0 aliphatic carbocycles. The summed E-state index contributed by atoms with van der Waals surface area (Å²) in [4.78, 5) is 22.0. The van der Waals surface area contributed by atoms with Crippen LogP contribution in [-0.2, 0) is 9.59 Å². The number of carbonyl (C=O) groups excluding carboxylic acids is 1. The maximum Gasteiger partial charge on any atom is 0.303 e. The second kappa shape index (κ2) is 8.91. The predicted molar refractivity (Wildman–Crippen MR) is 71.0 cm³/mol. The summed E-state index contributed by atoms with van der Waals surface area (Å²) < 4.78 is 0. The van der Waals surface area contributed by atoms with Gasteiger partial charge >= 0.3 is 5.97 Å². The van der Waals surface area contributed by atoms with Crippen molar-refractivity contribution in [1.82, 2.24) is 5.32 Å². The van der Waals surface area contributed by atoms with Crippen molar-refractivity contribution >= 4 is 11.9 Å². The lowest BCUT2D eigenvalue weighted by Crippen LogP contribution is -2.37. The Morgan fingerprint density at radius 3 is 2.39 bits per heavy atom. The van der Waals surface area contributed by atoms with Crippen molar-refractivity contribution in [2.45, 2.75) is 40.0 Å². The van der Waals surface area contributed by atoms with Crippen LogP contribution in [0.3, 0.4) is 0 Å². The van der Waals surface area contributed by atoms with Crippen molar-refractivity contribution in [3.05, 3.63) is 0 Å². The Morgan fingerprint density at radius 1 is 1.33 bits per heavy atom. The highest BCUT2D eigenvalue weighted by molar-refractivity contribution is 5.77. The van der Waals surface area contributed by atoms with Gasteiger partial charge in [0.2, 0.25) is 5.91 Å². The zero-order valence-corrected chi connectivity index (χ0v) is 11.6. The quantitative estimate of drug-likeness (QED) is 0.580. The first-order valence-corrected chi connectivity index (χ1v) is 6.60. The van der Waals surface area contributed by atoms with Gasteiger partial charge in [0.15, 0.2) is 0 Å². The highest BCUT2D eigenvalue weighted by atomic mass is 16.4. The monoisotopic (exact) mass is 258 g/mol. The molecule has 0 aromatic rings. The van der Waals surface area contributed by atoms with Crippen LogP contribution >= 0.6 is 0 Å². The molecule has 0 bridgehead atoms. The fourth-order valence-corrected chi connectivity index (χ4v) is 2.17. The van der Waals surface area contributed by atoms with Gasteiger partial charge in [0.25, 0.3) is 0 Å². The van der Waals surface area contributed by atoms with Crippen LogP contribution in [0, 0.1) is 17.8 Å². The van der Waals surface area contributed by atoms with Gasteiger partial charge in [0.05, 0.1) is 13.0 Å². The summed E-state index contributed by atoms with van der Waals surface area (Å²) in [7, 11) is 0. The van der Waals surface area contributed by atoms with E-state index in [9.17, 15) is 9.59 Å². The molecule has 0 radical (unpaired) electrons. The average molecular weight is 258 g/mol. The van der Waals surface area contributed by atoms with Gasteiger partial charge in [0, 0.05) is 6.54 Å². The fourth-order valence-electron chi connectivity index (χ4n) is 2.17. The van der Waals surface area contributed by atoms with E-state index < -0.39 is 5.97 Å².